The van der Waals surface area contributed by atoms with Crippen molar-refractivity contribution >= 4 is 45.6 Å². The van der Waals surface area contributed by atoms with E-state index in [0.717, 1.165) is 21.0 Å². The number of carbonyl (C=O) groups excluding carboxylic acids is 3. The molecule has 9 heteroatoms. The van der Waals surface area contributed by atoms with Crippen LogP contribution < -0.4 is 10.6 Å². The van der Waals surface area contributed by atoms with Crippen LogP contribution in [0.5, 0.6) is 0 Å². The Morgan fingerprint density at radius 3 is 2.86 bits per heavy atom. The van der Waals surface area contributed by atoms with Crippen molar-refractivity contribution in [3.8, 4) is 10.6 Å². The van der Waals surface area contributed by atoms with Crippen LogP contribution in [0.4, 0.5) is 5.13 Å². The first-order valence-electron chi connectivity index (χ1n) is 8.88. The predicted octanol–water partition coefficient (Wildman–Crippen LogP) is 3.75. The van der Waals surface area contributed by atoms with Crippen molar-refractivity contribution in [1.82, 2.24) is 10.3 Å². The highest BCUT2D eigenvalue weighted by molar-refractivity contribution is 7.17. The summed E-state index contributed by atoms with van der Waals surface area (Å²) in [5.41, 5.74) is 2.01. The number of thiophene rings is 1. The number of amides is 2. The lowest BCUT2D eigenvalue weighted by Crippen LogP contribution is -2.17. The zero-order valence-corrected chi connectivity index (χ0v) is 17.1. The van der Waals surface area contributed by atoms with Gasteiger partial charge in [-0.1, -0.05) is 18.2 Å². The van der Waals surface area contributed by atoms with Crippen molar-refractivity contribution in [2.24, 2.45) is 0 Å². The number of nitrogens with zero attached hydrogens (tertiary/aromatic N) is 1. The minimum atomic E-state index is -0.577. The van der Waals surface area contributed by atoms with Crippen LogP contribution in [-0.2, 0) is 20.9 Å². The van der Waals surface area contributed by atoms with Crippen molar-refractivity contribution in [2.75, 3.05) is 5.32 Å². The number of thiazole rings is 1. The average molecular weight is 428 g/mol. The lowest BCUT2D eigenvalue weighted by molar-refractivity contribution is -0.119. The zero-order valence-electron chi connectivity index (χ0n) is 15.4. The number of esters is 1. The van der Waals surface area contributed by atoms with E-state index in [0.29, 0.717) is 17.2 Å². The molecule has 1 aliphatic heterocycles. The molecule has 0 fully saturated rings. The number of carbonyl (C=O) groups is 3. The van der Waals surface area contributed by atoms with Crippen molar-refractivity contribution in [1.29, 1.82) is 0 Å². The number of cyclic esters (lactones) is 1. The van der Waals surface area contributed by atoms with E-state index in [2.05, 4.69) is 15.6 Å². The molecule has 1 aromatic carbocycles. The number of anilines is 1. The van der Waals surface area contributed by atoms with Gasteiger partial charge in [-0.25, -0.2) is 9.78 Å². The maximum atomic E-state index is 12.4. The van der Waals surface area contributed by atoms with Crippen LogP contribution in [0.3, 0.4) is 0 Å². The Hall–Kier alpha value is -3.04. The fraction of sp³-hybridized carbons (Fsp3) is 0.200. The van der Waals surface area contributed by atoms with E-state index < -0.39 is 12.1 Å². The summed E-state index contributed by atoms with van der Waals surface area (Å²) in [7, 11) is 0. The third-order valence-electron chi connectivity index (χ3n) is 4.32. The summed E-state index contributed by atoms with van der Waals surface area (Å²) < 4.78 is 5.31. The van der Waals surface area contributed by atoms with Gasteiger partial charge in [-0.15, -0.1) is 22.7 Å². The number of ether oxygens (including phenoxy) is 1. The lowest BCUT2D eigenvalue weighted by Gasteiger charge is -2.09. The van der Waals surface area contributed by atoms with Gasteiger partial charge < -0.3 is 15.4 Å². The van der Waals surface area contributed by atoms with Crippen molar-refractivity contribution in [2.45, 2.75) is 26.0 Å². The Kier molecular flexibility index (Phi) is 5.41. The highest BCUT2D eigenvalue weighted by Gasteiger charge is 2.32. The molecule has 0 spiro atoms. The number of hydrogen-bond donors (Lipinski definition) is 2. The van der Waals surface area contributed by atoms with Crippen molar-refractivity contribution in [3.63, 3.8) is 0 Å². The molecule has 2 amide bonds. The summed E-state index contributed by atoms with van der Waals surface area (Å²) in [4.78, 5) is 41.8. The summed E-state index contributed by atoms with van der Waals surface area (Å²) >= 11 is 2.87. The maximum Gasteiger partial charge on any atom is 0.339 e. The predicted molar refractivity (Wildman–Crippen MR) is 111 cm³/mol. The normalized spacial score (nSPS) is 14.9. The molecule has 0 radical (unpaired) electrons. The van der Waals surface area contributed by atoms with Gasteiger partial charge in [0.25, 0.3) is 0 Å². The summed E-state index contributed by atoms with van der Waals surface area (Å²) in [6.45, 7) is 1.96. The van der Waals surface area contributed by atoms with Crippen LogP contribution >= 0.6 is 22.7 Å². The van der Waals surface area contributed by atoms with Crippen LogP contribution in [0.15, 0.2) is 41.8 Å². The van der Waals surface area contributed by atoms with Crippen LogP contribution in [0.2, 0.25) is 0 Å². The largest absolute Gasteiger partial charge is 0.453 e. The molecule has 3 aromatic rings. The van der Waals surface area contributed by atoms with E-state index in [-0.39, 0.29) is 18.2 Å². The second kappa shape index (κ2) is 8.14. The molecule has 2 N–H and O–H groups in total. The SMILES string of the molecule is CC(=O)NCc1ccc(-c2csc(NC(=O)C[C@@H]3OC(=O)c4ccccc43)n2)s1. The number of hydrogen-bond acceptors (Lipinski definition) is 7. The van der Waals surface area contributed by atoms with Crippen molar-refractivity contribution < 1.29 is 19.1 Å². The molecule has 2 aromatic heterocycles. The third-order valence-corrected chi connectivity index (χ3v) is 6.19. The van der Waals surface area contributed by atoms with Gasteiger partial charge in [-0.05, 0) is 18.2 Å². The molecule has 0 saturated heterocycles. The van der Waals surface area contributed by atoms with Gasteiger partial charge in [0.05, 0.1) is 29.1 Å². The van der Waals surface area contributed by atoms with Gasteiger partial charge in [-0.2, -0.15) is 0 Å². The molecule has 1 atom stereocenters. The number of aromatic nitrogens is 1. The summed E-state index contributed by atoms with van der Waals surface area (Å²) in [6, 6.07) is 11.0. The topological polar surface area (TPSA) is 97.4 Å². The molecule has 0 aliphatic carbocycles. The molecule has 3 heterocycles. The monoisotopic (exact) mass is 427 g/mol. The van der Waals surface area contributed by atoms with E-state index in [1.165, 1.54) is 29.6 Å². The molecule has 1 aliphatic rings. The number of nitrogens with one attached hydrogen (secondary N) is 2. The smallest absolute Gasteiger partial charge is 0.339 e. The fourth-order valence-electron chi connectivity index (χ4n) is 2.98. The Morgan fingerprint density at radius 1 is 1.21 bits per heavy atom. The first-order chi connectivity index (χ1) is 14.0. The first-order valence-corrected chi connectivity index (χ1v) is 10.6. The van der Waals surface area contributed by atoms with Crippen LogP contribution in [-0.4, -0.2) is 22.8 Å². The lowest BCUT2D eigenvalue weighted by atomic mass is 10.0. The van der Waals surface area contributed by atoms with Gasteiger partial charge >= 0.3 is 5.97 Å². The molecule has 148 valence electrons. The highest BCUT2D eigenvalue weighted by atomic mass is 32.1. The number of rotatable bonds is 6. The third kappa shape index (κ3) is 4.36. The highest BCUT2D eigenvalue weighted by Crippen LogP contribution is 2.34. The van der Waals surface area contributed by atoms with Gasteiger partial charge in [0.1, 0.15) is 6.10 Å². The Labute approximate surface area is 174 Å². The number of fused-ring (bicyclic) bond motifs is 1. The molecule has 4 rings (SSSR count). The molecule has 0 bridgehead atoms. The Morgan fingerprint density at radius 2 is 2.03 bits per heavy atom. The van der Waals surface area contributed by atoms with Gasteiger partial charge in [-0.3, -0.25) is 9.59 Å². The fourth-order valence-corrected chi connectivity index (χ4v) is 4.69. The van der Waals surface area contributed by atoms with Crippen LogP contribution in [0, 0.1) is 0 Å². The summed E-state index contributed by atoms with van der Waals surface area (Å²) in [5.74, 6) is -0.741. The number of benzene rings is 1. The average Bonchev–Trinajstić information content (AvgIpc) is 3.40. The summed E-state index contributed by atoms with van der Waals surface area (Å²) in [5, 5.41) is 7.89. The Balaban J connectivity index is 1.38. The Bertz CT molecular complexity index is 1090. The summed E-state index contributed by atoms with van der Waals surface area (Å²) in [6.07, 6.45) is -0.538. The molecular weight excluding hydrogens is 410 g/mol. The van der Waals surface area contributed by atoms with E-state index in [4.69, 9.17) is 4.74 Å². The quantitative estimate of drug-likeness (QED) is 0.584. The van der Waals surface area contributed by atoms with Crippen LogP contribution in [0.25, 0.3) is 10.6 Å². The standard InChI is InChI=1S/C20H17N3O4S2/c1-11(24)21-9-12-6-7-17(29-12)15-10-28-20(22-15)23-18(25)8-16-13-4-2-3-5-14(13)19(26)27-16/h2-7,10,16H,8-9H2,1H3,(H,21,24)(H,22,23,25)/t16-/m0/s1. The maximum absolute atomic E-state index is 12.4. The second-order valence-electron chi connectivity index (χ2n) is 6.45. The van der Waals surface area contributed by atoms with E-state index in [1.54, 1.807) is 18.2 Å². The van der Waals surface area contributed by atoms with Gasteiger partial charge in [0, 0.05) is 22.7 Å². The minimum Gasteiger partial charge on any atom is -0.453 e. The van der Waals surface area contributed by atoms with E-state index >= 15 is 0 Å². The first kappa shape index (κ1) is 19.3. The molecule has 29 heavy (non-hydrogen) atoms. The van der Waals surface area contributed by atoms with E-state index in [1.807, 2.05) is 23.6 Å². The van der Waals surface area contributed by atoms with Crippen molar-refractivity contribution in [3.05, 3.63) is 57.8 Å². The van der Waals surface area contributed by atoms with Gasteiger partial charge in [0.2, 0.25) is 11.8 Å². The zero-order chi connectivity index (χ0) is 20.4. The van der Waals surface area contributed by atoms with E-state index in [9.17, 15) is 14.4 Å². The van der Waals surface area contributed by atoms with Gasteiger partial charge in [0.15, 0.2) is 5.13 Å². The minimum absolute atomic E-state index is 0.0392. The molecular formula is C20H17N3O4S2. The second-order valence-corrected chi connectivity index (χ2v) is 8.47. The van der Waals surface area contributed by atoms with Crippen LogP contribution in [0.1, 0.15) is 40.2 Å². The molecule has 7 nitrogen and oxygen atoms in total. The molecule has 0 saturated carbocycles. The molecule has 0 unspecified atom stereocenters.